The SMILES string of the molecule is CC(=O)OC1=C2Oc3c(OC(C)=O)cccc3C23C(=CN=C2CC23)C=C1. The summed E-state index contributed by atoms with van der Waals surface area (Å²) in [5, 5.41) is 0. The Labute approximate surface area is 149 Å². The van der Waals surface area contributed by atoms with Crippen LogP contribution in [-0.4, -0.2) is 17.7 Å². The molecule has 26 heavy (non-hydrogen) atoms. The summed E-state index contributed by atoms with van der Waals surface area (Å²) in [6.45, 7) is 2.71. The van der Waals surface area contributed by atoms with Gasteiger partial charge in [-0.2, -0.15) is 0 Å². The van der Waals surface area contributed by atoms with Gasteiger partial charge in [0.1, 0.15) is 0 Å². The highest BCUT2D eigenvalue weighted by Crippen LogP contribution is 2.65. The monoisotopic (exact) mass is 349 g/mol. The lowest BCUT2D eigenvalue weighted by atomic mass is 9.67. The number of carbonyl (C=O) groups excluding carboxylic acids is 2. The van der Waals surface area contributed by atoms with Crippen molar-refractivity contribution in [2.45, 2.75) is 25.7 Å². The van der Waals surface area contributed by atoms with Crippen molar-refractivity contribution in [2.75, 3.05) is 0 Å². The van der Waals surface area contributed by atoms with Crippen molar-refractivity contribution in [1.82, 2.24) is 0 Å². The summed E-state index contributed by atoms with van der Waals surface area (Å²) >= 11 is 0. The number of allylic oxidation sites excluding steroid dienone is 3. The van der Waals surface area contributed by atoms with Crippen LogP contribution in [0.4, 0.5) is 0 Å². The number of ether oxygens (including phenoxy) is 3. The lowest BCUT2D eigenvalue weighted by Gasteiger charge is -2.34. The molecule has 0 radical (unpaired) electrons. The number of aliphatic imine (C=N–C) groups is 1. The first-order valence-electron chi connectivity index (χ1n) is 8.40. The van der Waals surface area contributed by atoms with Crippen LogP contribution in [0.3, 0.4) is 0 Å². The van der Waals surface area contributed by atoms with E-state index in [0.29, 0.717) is 23.0 Å². The van der Waals surface area contributed by atoms with Crippen molar-refractivity contribution in [2.24, 2.45) is 10.9 Å². The first-order valence-corrected chi connectivity index (χ1v) is 8.40. The minimum absolute atomic E-state index is 0.154. The molecule has 4 aliphatic rings. The van der Waals surface area contributed by atoms with Crippen LogP contribution in [-0.2, 0) is 19.7 Å². The summed E-state index contributed by atoms with van der Waals surface area (Å²) < 4.78 is 17.0. The molecular weight excluding hydrogens is 334 g/mol. The van der Waals surface area contributed by atoms with E-state index in [9.17, 15) is 9.59 Å². The van der Waals surface area contributed by atoms with E-state index in [1.165, 1.54) is 13.8 Å². The Balaban J connectivity index is 1.77. The zero-order valence-electron chi connectivity index (χ0n) is 14.2. The molecule has 1 saturated carbocycles. The number of nitrogens with zero attached hydrogens (tertiary/aromatic N) is 1. The van der Waals surface area contributed by atoms with Crippen molar-refractivity contribution >= 4 is 17.7 Å². The van der Waals surface area contributed by atoms with Gasteiger partial charge in [0.05, 0.1) is 5.41 Å². The molecule has 0 bridgehead atoms. The molecule has 0 saturated heterocycles. The minimum atomic E-state index is -0.581. The Bertz CT molecular complexity index is 1010. The summed E-state index contributed by atoms with van der Waals surface area (Å²) in [4.78, 5) is 27.6. The maximum atomic E-state index is 11.6. The molecule has 2 aliphatic heterocycles. The molecule has 0 amide bonds. The van der Waals surface area contributed by atoms with Crippen LogP contribution in [0.1, 0.15) is 25.8 Å². The second kappa shape index (κ2) is 4.94. The van der Waals surface area contributed by atoms with Gasteiger partial charge in [0.15, 0.2) is 23.0 Å². The molecule has 0 aromatic heterocycles. The smallest absolute Gasteiger partial charge is 0.308 e. The summed E-state index contributed by atoms with van der Waals surface area (Å²) in [6, 6.07) is 5.50. The van der Waals surface area contributed by atoms with Crippen LogP contribution in [0, 0.1) is 5.92 Å². The first kappa shape index (κ1) is 15.1. The van der Waals surface area contributed by atoms with E-state index in [1.54, 1.807) is 12.1 Å². The van der Waals surface area contributed by atoms with Gasteiger partial charge >= 0.3 is 11.9 Å². The number of carbonyl (C=O) groups is 2. The quantitative estimate of drug-likeness (QED) is 0.606. The molecule has 5 rings (SSSR count). The van der Waals surface area contributed by atoms with Gasteiger partial charge in [-0.15, -0.1) is 0 Å². The molecule has 1 spiro atoms. The minimum Gasteiger partial charge on any atom is -0.452 e. The van der Waals surface area contributed by atoms with Gasteiger partial charge in [0.25, 0.3) is 0 Å². The summed E-state index contributed by atoms with van der Waals surface area (Å²) in [5.74, 6) is 1.11. The predicted molar refractivity (Wildman–Crippen MR) is 91.6 cm³/mol. The van der Waals surface area contributed by atoms with Gasteiger partial charge in [0.2, 0.25) is 0 Å². The highest BCUT2D eigenvalue weighted by atomic mass is 16.6. The van der Waals surface area contributed by atoms with Crippen LogP contribution in [0.15, 0.2) is 58.6 Å². The molecule has 2 heterocycles. The van der Waals surface area contributed by atoms with Crippen molar-refractivity contribution in [3.63, 3.8) is 0 Å². The Morgan fingerprint density at radius 3 is 2.77 bits per heavy atom. The third-order valence-electron chi connectivity index (χ3n) is 5.11. The molecular formula is C20H15NO5. The fraction of sp³-hybridized carbons (Fsp3) is 0.250. The Kier molecular flexibility index (Phi) is 2.88. The van der Waals surface area contributed by atoms with Crippen molar-refractivity contribution in [3.05, 3.63) is 59.2 Å². The fourth-order valence-corrected chi connectivity index (χ4v) is 4.15. The lowest BCUT2D eigenvalue weighted by molar-refractivity contribution is -0.136. The van der Waals surface area contributed by atoms with Crippen LogP contribution < -0.4 is 9.47 Å². The van der Waals surface area contributed by atoms with E-state index in [-0.39, 0.29) is 5.92 Å². The number of hydrogen-bond donors (Lipinski definition) is 0. The molecule has 6 heteroatoms. The molecule has 2 aliphatic carbocycles. The molecule has 2 unspecified atom stereocenters. The van der Waals surface area contributed by atoms with E-state index >= 15 is 0 Å². The number of para-hydroxylation sites is 1. The van der Waals surface area contributed by atoms with Crippen molar-refractivity contribution in [3.8, 4) is 11.5 Å². The first-order chi connectivity index (χ1) is 12.5. The molecule has 0 N–H and O–H groups in total. The van der Waals surface area contributed by atoms with Crippen molar-refractivity contribution < 1.29 is 23.8 Å². The summed E-state index contributed by atoms with van der Waals surface area (Å²) in [6.07, 6.45) is 6.33. The number of hydrogen-bond acceptors (Lipinski definition) is 6. The van der Waals surface area contributed by atoms with Crippen LogP contribution in [0.25, 0.3) is 0 Å². The third kappa shape index (κ3) is 1.84. The molecule has 6 nitrogen and oxygen atoms in total. The number of benzene rings is 1. The topological polar surface area (TPSA) is 74.2 Å². The average molecular weight is 349 g/mol. The second-order valence-corrected chi connectivity index (χ2v) is 6.72. The van der Waals surface area contributed by atoms with Crippen molar-refractivity contribution in [1.29, 1.82) is 0 Å². The maximum absolute atomic E-state index is 11.6. The molecule has 1 aromatic carbocycles. The van der Waals surface area contributed by atoms with Gasteiger partial charge < -0.3 is 14.2 Å². The number of esters is 2. The Morgan fingerprint density at radius 2 is 2.00 bits per heavy atom. The normalized spacial score (nSPS) is 26.5. The second-order valence-electron chi connectivity index (χ2n) is 6.72. The van der Waals surface area contributed by atoms with E-state index < -0.39 is 17.4 Å². The highest BCUT2D eigenvalue weighted by molar-refractivity contribution is 6.06. The van der Waals surface area contributed by atoms with E-state index in [0.717, 1.165) is 23.3 Å². The molecule has 1 fully saturated rings. The zero-order valence-corrected chi connectivity index (χ0v) is 14.2. The van der Waals surface area contributed by atoms with E-state index in [2.05, 4.69) is 4.99 Å². The van der Waals surface area contributed by atoms with Gasteiger partial charge in [-0.05, 0) is 24.1 Å². The van der Waals surface area contributed by atoms with E-state index in [1.807, 2.05) is 24.4 Å². The predicted octanol–water partition coefficient (Wildman–Crippen LogP) is 2.95. The standard InChI is InChI=1S/C20H15NO5/c1-10(22)24-16-5-3-4-13-18(16)26-19-17(25-11(2)23)7-6-12-9-21-15-8-14(15)20(12,13)19/h3-7,9,14H,8H2,1-2H3. The van der Waals surface area contributed by atoms with Gasteiger partial charge in [-0.1, -0.05) is 18.2 Å². The van der Waals surface area contributed by atoms with Crippen LogP contribution in [0.5, 0.6) is 11.5 Å². The van der Waals surface area contributed by atoms with Gasteiger partial charge in [0, 0.05) is 37.2 Å². The largest absolute Gasteiger partial charge is 0.452 e. The van der Waals surface area contributed by atoms with Crippen LogP contribution in [0.2, 0.25) is 0 Å². The van der Waals surface area contributed by atoms with Crippen LogP contribution >= 0.6 is 0 Å². The third-order valence-corrected chi connectivity index (χ3v) is 5.11. The van der Waals surface area contributed by atoms with Gasteiger partial charge in [-0.25, -0.2) is 0 Å². The molecule has 1 aromatic rings. The summed E-state index contributed by atoms with van der Waals surface area (Å²) in [5.41, 5.74) is 2.40. The van der Waals surface area contributed by atoms with E-state index in [4.69, 9.17) is 14.2 Å². The Hall–Kier alpha value is -3.15. The molecule has 130 valence electrons. The zero-order chi connectivity index (χ0) is 18.1. The lowest BCUT2D eigenvalue weighted by Crippen LogP contribution is -2.36. The average Bonchev–Trinajstić information content (AvgIpc) is 3.30. The Morgan fingerprint density at radius 1 is 1.19 bits per heavy atom. The number of fused-ring (bicyclic) bond motifs is 2. The molecule has 2 atom stereocenters. The highest BCUT2D eigenvalue weighted by Gasteiger charge is 2.64. The maximum Gasteiger partial charge on any atom is 0.308 e. The van der Waals surface area contributed by atoms with Gasteiger partial charge in [-0.3, -0.25) is 14.6 Å². The fourth-order valence-electron chi connectivity index (χ4n) is 4.15. The summed E-state index contributed by atoms with van der Waals surface area (Å²) in [7, 11) is 0. The number of rotatable bonds is 2.